The number of likely N-dealkylation sites (N-methyl/N-ethyl adjacent to an activating group) is 1. The van der Waals surface area contributed by atoms with Gasteiger partial charge in [-0.15, -0.1) is 0 Å². The number of nitrogens with zero attached hydrogens (tertiary/aromatic N) is 1. The Morgan fingerprint density at radius 2 is 1.50 bits per heavy atom. The molecule has 9 heteroatoms. The Kier molecular flexibility index (Phi) is 10.8. The molecule has 1 aliphatic rings. The molecule has 36 heavy (non-hydrogen) atoms. The summed E-state index contributed by atoms with van der Waals surface area (Å²) in [5, 5.41) is 15.6. The van der Waals surface area contributed by atoms with Crippen LogP contribution < -0.4 is 14.2 Å². The van der Waals surface area contributed by atoms with Crippen LogP contribution in [0.3, 0.4) is 0 Å². The van der Waals surface area contributed by atoms with Gasteiger partial charge < -0.3 is 34.1 Å². The second kappa shape index (κ2) is 13.5. The molecule has 1 unspecified atom stereocenters. The summed E-state index contributed by atoms with van der Waals surface area (Å²) < 4.78 is 22.5. The number of fused-ring (bicyclic) bond motifs is 1. The van der Waals surface area contributed by atoms with Crippen LogP contribution in [0.5, 0.6) is 17.2 Å². The highest BCUT2D eigenvalue weighted by molar-refractivity contribution is 5.89. The minimum Gasteiger partial charge on any atom is -0.493 e. The smallest absolute Gasteiger partial charge is 0.328 e. The van der Waals surface area contributed by atoms with Crippen LogP contribution in [0.1, 0.15) is 23.1 Å². The second-order valence-corrected chi connectivity index (χ2v) is 8.60. The molecule has 0 saturated carbocycles. The zero-order chi connectivity index (χ0) is 26.7. The van der Waals surface area contributed by atoms with Gasteiger partial charge in [0.05, 0.1) is 34.5 Å². The Labute approximate surface area is 211 Å². The highest BCUT2D eigenvalue weighted by Gasteiger charge is 2.36. The summed E-state index contributed by atoms with van der Waals surface area (Å²) in [6.07, 6.45) is 4.30. The molecule has 9 nitrogen and oxygen atoms in total. The predicted molar refractivity (Wildman–Crippen MR) is 135 cm³/mol. The molecule has 1 atom stereocenters. The standard InChI is InChI=1S/C23H31NO4.C4H4O4/c1-24(2)23(11-10-18-8-6-7-9-19(18)14-23)16-28-15-17-12-20(25-3)22(27-5)21(13-17)26-4;5-3(6)1-2-4(7)8/h6-9,12-13H,10-11,14-16H2,1-5H3;1-2H,(H,5,6)(H,7,8)/b;2-1+. The number of ether oxygens (including phenoxy) is 4. The fourth-order valence-electron chi connectivity index (χ4n) is 4.14. The maximum Gasteiger partial charge on any atom is 0.328 e. The average molecular weight is 502 g/mol. The molecule has 3 rings (SSSR count). The summed E-state index contributed by atoms with van der Waals surface area (Å²) in [4.78, 5) is 21.4. The van der Waals surface area contributed by atoms with Crippen LogP contribution in [0.2, 0.25) is 0 Å². The van der Waals surface area contributed by atoms with E-state index in [0.29, 0.717) is 42.6 Å². The molecule has 2 aromatic carbocycles. The molecule has 1 aliphatic carbocycles. The first-order valence-electron chi connectivity index (χ1n) is 11.4. The Balaban J connectivity index is 0.000000493. The first-order valence-corrected chi connectivity index (χ1v) is 11.4. The number of aliphatic carboxylic acids is 2. The zero-order valence-corrected chi connectivity index (χ0v) is 21.4. The van der Waals surface area contributed by atoms with Crippen molar-refractivity contribution < 1.29 is 38.7 Å². The highest BCUT2D eigenvalue weighted by Crippen LogP contribution is 2.38. The Bertz CT molecular complexity index is 1020. The first kappa shape index (κ1) is 28.7. The number of carboxylic acids is 2. The Hall–Kier alpha value is -3.56. The summed E-state index contributed by atoms with van der Waals surface area (Å²) in [7, 11) is 9.16. The fourth-order valence-corrected chi connectivity index (χ4v) is 4.14. The number of benzene rings is 2. The van der Waals surface area contributed by atoms with Gasteiger partial charge in [-0.25, -0.2) is 9.59 Å². The SMILES string of the molecule is COc1cc(COCC2(N(C)C)CCc3ccccc3C2)cc(OC)c1OC.O=C(O)/C=C/C(=O)O. The lowest BCUT2D eigenvalue weighted by molar-refractivity contribution is -0.134. The number of carbonyl (C=O) groups is 2. The van der Waals surface area contributed by atoms with Crippen molar-refractivity contribution in [1.82, 2.24) is 4.90 Å². The van der Waals surface area contributed by atoms with Crippen LogP contribution in [0, 0.1) is 0 Å². The molecule has 196 valence electrons. The number of hydrogen-bond acceptors (Lipinski definition) is 7. The van der Waals surface area contributed by atoms with Gasteiger partial charge >= 0.3 is 11.9 Å². The fraction of sp³-hybridized carbons (Fsp3) is 0.407. The van der Waals surface area contributed by atoms with E-state index in [1.54, 1.807) is 21.3 Å². The average Bonchev–Trinajstić information content (AvgIpc) is 2.87. The predicted octanol–water partition coefficient (Wildman–Crippen LogP) is 3.43. The Morgan fingerprint density at radius 3 is 1.97 bits per heavy atom. The number of hydrogen-bond donors (Lipinski definition) is 2. The summed E-state index contributed by atoms with van der Waals surface area (Å²) in [6, 6.07) is 12.6. The van der Waals surface area contributed by atoms with E-state index in [4.69, 9.17) is 29.2 Å². The summed E-state index contributed by atoms with van der Waals surface area (Å²) in [5.74, 6) is -0.620. The molecule has 2 aromatic rings. The van der Waals surface area contributed by atoms with Crippen molar-refractivity contribution in [3.8, 4) is 17.2 Å². The molecule has 0 radical (unpaired) electrons. The van der Waals surface area contributed by atoms with Crippen LogP contribution in [0.4, 0.5) is 0 Å². The number of rotatable bonds is 10. The van der Waals surface area contributed by atoms with E-state index in [2.05, 4.69) is 43.3 Å². The van der Waals surface area contributed by atoms with Gasteiger partial charge in [-0.3, -0.25) is 0 Å². The molecule has 0 aromatic heterocycles. The maximum atomic E-state index is 9.55. The van der Waals surface area contributed by atoms with E-state index >= 15 is 0 Å². The molecule has 0 aliphatic heterocycles. The van der Waals surface area contributed by atoms with E-state index < -0.39 is 11.9 Å². The lowest BCUT2D eigenvalue weighted by Crippen LogP contribution is -2.52. The second-order valence-electron chi connectivity index (χ2n) is 8.60. The van der Waals surface area contributed by atoms with Crippen molar-refractivity contribution in [3.63, 3.8) is 0 Å². The molecule has 0 spiro atoms. The van der Waals surface area contributed by atoms with Gasteiger partial charge in [0.15, 0.2) is 11.5 Å². The zero-order valence-electron chi connectivity index (χ0n) is 21.4. The van der Waals surface area contributed by atoms with Crippen molar-refractivity contribution in [2.45, 2.75) is 31.4 Å². The van der Waals surface area contributed by atoms with E-state index in [-0.39, 0.29) is 5.54 Å². The monoisotopic (exact) mass is 501 g/mol. The first-order chi connectivity index (χ1) is 17.2. The van der Waals surface area contributed by atoms with Gasteiger partial charge in [0.25, 0.3) is 0 Å². The molecule has 0 heterocycles. The van der Waals surface area contributed by atoms with Gasteiger partial charge in [0.2, 0.25) is 5.75 Å². The summed E-state index contributed by atoms with van der Waals surface area (Å²) in [5.41, 5.74) is 3.90. The van der Waals surface area contributed by atoms with E-state index in [9.17, 15) is 9.59 Å². The molecule has 0 fully saturated rings. The normalized spacial score (nSPS) is 16.6. The lowest BCUT2D eigenvalue weighted by atomic mass is 9.77. The quantitative estimate of drug-likeness (QED) is 0.473. The number of carboxylic acid groups (broad SMARTS) is 2. The molecule has 0 bridgehead atoms. The molecular formula is C27H35NO8. The van der Waals surface area contributed by atoms with Crippen molar-refractivity contribution in [3.05, 3.63) is 65.2 Å². The number of aryl methyl sites for hydroxylation is 1. The summed E-state index contributed by atoms with van der Waals surface area (Å²) in [6.45, 7) is 1.17. The third-order valence-corrected chi connectivity index (χ3v) is 6.18. The molecule has 0 amide bonds. The largest absolute Gasteiger partial charge is 0.493 e. The van der Waals surface area contributed by atoms with Crippen LogP contribution in [-0.4, -0.2) is 74.6 Å². The molecular weight excluding hydrogens is 466 g/mol. The maximum absolute atomic E-state index is 9.55. The third kappa shape index (κ3) is 7.73. The highest BCUT2D eigenvalue weighted by atomic mass is 16.5. The minimum absolute atomic E-state index is 0.00892. The van der Waals surface area contributed by atoms with Crippen LogP contribution in [-0.2, 0) is 33.8 Å². The van der Waals surface area contributed by atoms with E-state index in [0.717, 1.165) is 24.8 Å². The van der Waals surface area contributed by atoms with Gasteiger partial charge in [0, 0.05) is 17.7 Å². The van der Waals surface area contributed by atoms with Gasteiger partial charge in [-0.2, -0.15) is 0 Å². The topological polar surface area (TPSA) is 115 Å². The van der Waals surface area contributed by atoms with Crippen molar-refractivity contribution >= 4 is 11.9 Å². The van der Waals surface area contributed by atoms with Gasteiger partial charge in [-0.05, 0) is 62.2 Å². The van der Waals surface area contributed by atoms with Crippen LogP contribution in [0.15, 0.2) is 48.6 Å². The van der Waals surface area contributed by atoms with Crippen molar-refractivity contribution in [2.24, 2.45) is 0 Å². The molecule has 2 N–H and O–H groups in total. The summed E-state index contributed by atoms with van der Waals surface area (Å²) >= 11 is 0. The third-order valence-electron chi connectivity index (χ3n) is 6.18. The lowest BCUT2D eigenvalue weighted by Gasteiger charge is -2.43. The van der Waals surface area contributed by atoms with Crippen LogP contribution >= 0.6 is 0 Å². The van der Waals surface area contributed by atoms with Crippen molar-refractivity contribution in [1.29, 1.82) is 0 Å². The van der Waals surface area contributed by atoms with Crippen molar-refractivity contribution in [2.75, 3.05) is 42.0 Å². The number of methoxy groups -OCH3 is 3. The Morgan fingerprint density at radius 1 is 0.944 bits per heavy atom. The van der Waals surface area contributed by atoms with Gasteiger partial charge in [-0.1, -0.05) is 24.3 Å². The van der Waals surface area contributed by atoms with Crippen LogP contribution in [0.25, 0.3) is 0 Å². The minimum atomic E-state index is -1.26. The van der Waals surface area contributed by atoms with Gasteiger partial charge in [0.1, 0.15) is 0 Å². The molecule has 0 saturated heterocycles. The van der Waals surface area contributed by atoms with E-state index in [1.165, 1.54) is 11.1 Å². The van der Waals surface area contributed by atoms with E-state index in [1.807, 2.05) is 12.1 Å².